The summed E-state index contributed by atoms with van der Waals surface area (Å²) < 4.78 is 6.51. The number of hydrogen-bond acceptors (Lipinski definition) is 6. The van der Waals surface area contributed by atoms with Crippen LogP contribution in [0.25, 0.3) is 22.5 Å². The first-order valence-electron chi connectivity index (χ1n) is 9.57. The van der Waals surface area contributed by atoms with Crippen molar-refractivity contribution >= 4 is 22.9 Å². The number of methoxy groups -OCH3 is 1. The van der Waals surface area contributed by atoms with Crippen molar-refractivity contribution in [1.29, 1.82) is 0 Å². The molecule has 0 aliphatic carbocycles. The van der Waals surface area contributed by atoms with Crippen LogP contribution in [0, 0.1) is 6.92 Å². The predicted molar refractivity (Wildman–Crippen MR) is 121 cm³/mol. The van der Waals surface area contributed by atoms with Crippen molar-refractivity contribution in [2.75, 3.05) is 12.4 Å². The highest BCUT2D eigenvalue weighted by Crippen LogP contribution is 2.27. The molecule has 1 amide bonds. The van der Waals surface area contributed by atoms with Gasteiger partial charge in [0.15, 0.2) is 0 Å². The number of amides is 1. The van der Waals surface area contributed by atoms with E-state index in [1.54, 1.807) is 30.6 Å². The maximum atomic E-state index is 12.6. The molecule has 2 aromatic carbocycles. The highest BCUT2D eigenvalue weighted by atomic mass is 32.1. The number of nitrogens with one attached hydrogen (secondary N) is 1. The fourth-order valence-corrected chi connectivity index (χ4v) is 3.77. The molecule has 8 heteroatoms. The van der Waals surface area contributed by atoms with Crippen LogP contribution in [0.2, 0.25) is 0 Å². The average Bonchev–Trinajstić information content (AvgIpc) is 3.22. The molecular formula is C23H20N4O3S. The molecule has 0 unspecified atom stereocenters. The number of carbonyl (C=O) groups is 1. The minimum Gasteiger partial charge on any atom is -0.496 e. The lowest BCUT2D eigenvalue weighted by atomic mass is 10.1. The number of thiazole rings is 1. The third-order valence-corrected chi connectivity index (χ3v) is 5.38. The van der Waals surface area contributed by atoms with Crippen LogP contribution in [-0.4, -0.2) is 27.8 Å². The van der Waals surface area contributed by atoms with E-state index in [0.29, 0.717) is 17.1 Å². The monoisotopic (exact) mass is 432 g/mol. The number of benzene rings is 2. The van der Waals surface area contributed by atoms with Crippen LogP contribution in [0.15, 0.2) is 70.8 Å². The Morgan fingerprint density at radius 2 is 1.94 bits per heavy atom. The minimum absolute atomic E-state index is 0.206. The number of anilines is 1. The number of aromatic nitrogens is 3. The van der Waals surface area contributed by atoms with Crippen molar-refractivity contribution in [1.82, 2.24) is 14.8 Å². The molecule has 0 aliphatic rings. The molecule has 0 spiro atoms. The van der Waals surface area contributed by atoms with Gasteiger partial charge in [-0.15, -0.1) is 11.3 Å². The highest BCUT2D eigenvalue weighted by molar-refractivity contribution is 7.09. The smallest absolute Gasteiger partial charge is 0.267 e. The third kappa shape index (κ3) is 4.70. The van der Waals surface area contributed by atoms with E-state index >= 15 is 0 Å². The number of para-hydroxylation sites is 1. The lowest BCUT2D eigenvalue weighted by molar-refractivity contribution is -0.117. The molecule has 4 rings (SSSR count). The van der Waals surface area contributed by atoms with Crippen molar-refractivity contribution in [3.05, 3.63) is 81.4 Å². The third-order valence-electron chi connectivity index (χ3n) is 4.60. The summed E-state index contributed by atoms with van der Waals surface area (Å²) in [5.41, 5.74) is 3.33. The molecular weight excluding hydrogens is 412 g/mol. The molecule has 0 bridgehead atoms. The molecule has 0 fully saturated rings. The Morgan fingerprint density at radius 1 is 1.10 bits per heavy atom. The molecule has 31 heavy (non-hydrogen) atoms. The molecule has 0 aliphatic heterocycles. The average molecular weight is 433 g/mol. The number of hydrogen-bond donors (Lipinski definition) is 1. The second-order valence-corrected chi connectivity index (χ2v) is 7.86. The van der Waals surface area contributed by atoms with Gasteiger partial charge in [0.1, 0.15) is 12.3 Å². The number of aryl methyl sites for hydroxylation is 1. The molecule has 2 aromatic heterocycles. The van der Waals surface area contributed by atoms with Crippen LogP contribution in [-0.2, 0) is 11.3 Å². The highest BCUT2D eigenvalue weighted by Gasteiger charge is 2.12. The normalized spacial score (nSPS) is 10.6. The SMILES string of the molecule is COc1ccccc1-c1ccc(=O)n(CC(=O)Nc2cccc(-c3csc(C)n3)c2)n1. The molecule has 156 valence electrons. The first-order valence-corrected chi connectivity index (χ1v) is 10.5. The molecule has 2 heterocycles. The van der Waals surface area contributed by atoms with E-state index in [0.717, 1.165) is 26.5 Å². The van der Waals surface area contributed by atoms with E-state index in [9.17, 15) is 9.59 Å². The number of ether oxygens (including phenoxy) is 1. The summed E-state index contributed by atoms with van der Waals surface area (Å²) in [5, 5.41) is 10.1. The molecule has 4 aromatic rings. The Labute approximate surface area is 183 Å². The standard InChI is InChI=1S/C23H20N4O3S/c1-15-24-20(14-31-15)16-6-5-7-17(12-16)25-22(28)13-27-23(29)11-10-19(26-27)18-8-3-4-9-21(18)30-2/h3-12,14H,13H2,1-2H3,(H,25,28). The van der Waals surface area contributed by atoms with Gasteiger partial charge >= 0.3 is 0 Å². The summed E-state index contributed by atoms with van der Waals surface area (Å²) in [6.45, 7) is 1.74. The summed E-state index contributed by atoms with van der Waals surface area (Å²) in [4.78, 5) is 29.3. The fourth-order valence-electron chi connectivity index (χ4n) is 3.15. The lowest BCUT2D eigenvalue weighted by Crippen LogP contribution is -2.29. The Balaban J connectivity index is 1.53. The first kappa shape index (κ1) is 20.5. The zero-order valence-corrected chi connectivity index (χ0v) is 17.8. The fraction of sp³-hybridized carbons (Fsp3) is 0.130. The van der Waals surface area contributed by atoms with E-state index in [1.807, 2.05) is 54.8 Å². The van der Waals surface area contributed by atoms with Crippen LogP contribution in [0.5, 0.6) is 5.75 Å². The molecule has 1 N–H and O–H groups in total. The van der Waals surface area contributed by atoms with Crippen molar-refractivity contribution in [3.8, 4) is 28.3 Å². The molecule has 0 radical (unpaired) electrons. The van der Waals surface area contributed by atoms with Crippen LogP contribution in [0.4, 0.5) is 5.69 Å². The van der Waals surface area contributed by atoms with Gasteiger partial charge < -0.3 is 10.1 Å². The van der Waals surface area contributed by atoms with E-state index in [1.165, 1.54) is 6.07 Å². The predicted octanol–water partition coefficient (Wildman–Crippen LogP) is 3.99. The van der Waals surface area contributed by atoms with E-state index in [-0.39, 0.29) is 18.0 Å². The van der Waals surface area contributed by atoms with Crippen molar-refractivity contribution in [2.24, 2.45) is 0 Å². The van der Waals surface area contributed by atoms with Gasteiger partial charge in [-0.05, 0) is 37.3 Å². The van der Waals surface area contributed by atoms with Gasteiger partial charge in [-0.3, -0.25) is 9.59 Å². The largest absolute Gasteiger partial charge is 0.496 e. The quantitative estimate of drug-likeness (QED) is 0.498. The number of nitrogens with zero attached hydrogens (tertiary/aromatic N) is 3. The van der Waals surface area contributed by atoms with E-state index in [2.05, 4.69) is 15.4 Å². The Kier molecular flexibility index (Phi) is 5.90. The van der Waals surface area contributed by atoms with Gasteiger partial charge in [-0.2, -0.15) is 5.10 Å². The summed E-state index contributed by atoms with van der Waals surface area (Å²) >= 11 is 1.57. The van der Waals surface area contributed by atoms with E-state index < -0.39 is 0 Å². The van der Waals surface area contributed by atoms with Crippen LogP contribution in [0.1, 0.15) is 5.01 Å². The minimum atomic E-state index is -0.361. The molecule has 7 nitrogen and oxygen atoms in total. The summed E-state index contributed by atoms with van der Waals surface area (Å²) in [5.74, 6) is 0.289. The van der Waals surface area contributed by atoms with Gasteiger partial charge in [0, 0.05) is 28.3 Å². The first-order chi connectivity index (χ1) is 15.0. The van der Waals surface area contributed by atoms with Crippen molar-refractivity contribution < 1.29 is 9.53 Å². The van der Waals surface area contributed by atoms with Crippen LogP contribution in [0.3, 0.4) is 0 Å². The number of rotatable bonds is 6. The Bertz CT molecular complexity index is 1300. The lowest BCUT2D eigenvalue weighted by Gasteiger charge is -2.11. The van der Waals surface area contributed by atoms with Gasteiger partial charge in [0.25, 0.3) is 5.56 Å². The molecule has 0 saturated heterocycles. The Morgan fingerprint density at radius 3 is 2.71 bits per heavy atom. The summed E-state index contributed by atoms with van der Waals surface area (Å²) in [6, 6.07) is 17.8. The maximum absolute atomic E-state index is 12.6. The Hall–Kier alpha value is -3.78. The van der Waals surface area contributed by atoms with Gasteiger partial charge in [-0.1, -0.05) is 24.3 Å². The van der Waals surface area contributed by atoms with E-state index in [4.69, 9.17) is 4.74 Å². The van der Waals surface area contributed by atoms with Crippen molar-refractivity contribution in [3.63, 3.8) is 0 Å². The van der Waals surface area contributed by atoms with Crippen molar-refractivity contribution in [2.45, 2.75) is 13.5 Å². The zero-order chi connectivity index (χ0) is 21.8. The molecule has 0 saturated carbocycles. The van der Waals surface area contributed by atoms with Crippen LogP contribution >= 0.6 is 11.3 Å². The summed E-state index contributed by atoms with van der Waals surface area (Å²) in [6.07, 6.45) is 0. The number of carbonyl (C=O) groups excluding carboxylic acids is 1. The maximum Gasteiger partial charge on any atom is 0.267 e. The van der Waals surface area contributed by atoms with Crippen LogP contribution < -0.4 is 15.6 Å². The van der Waals surface area contributed by atoms with Gasteiger partial charge in [0.05, 0.1) is 23.5 Å². The zero-order valence-electron chi connectivity index (χ0n) is 17.0. The summed E-state index contributed by atoms with van der Waals surface area (Å²) in [7, 11) is 1.57. The van der Waals surface area contributed by atoms with Gasteiger partial charge in [0.2, 0.25) is 5.91 Å². The topological polar surface area (TPSA) is 86.1 Å². The van der Waals surface area contributed by atoms with Gasteiger partial charge in [-0.25, -0.2) is 9.67 Å². The second kappa shape index (κ2) is 8.93. The second-order valence-electron chi connectivity index (χ2n) is 6.80. The molecule has 0 atom stereocenters.